The molecule has 2 heterocycles. The first-order chi connectivity index (χ1) is 17.9. The SMILES string of the molecule is O=C(CC(=O)Nc1ccc(Oc2ccnc(NC(=O)N3CCCCC3)c2)cc1Cl)Nc1ccc(F)cc1. The van der Waals surface area contributed by atoms with Crippen LogP contribution in [-0.2, 0) is 9.59 Å². The van der Waals surface area contributed by atoms with E-state index in [-0.39, 0.29) is 11.1 Å². The van der Waals surface area contributed by atoms with Crippen LogP contribution in [0.5, 0.6) is 11.5 Å². The first-order valence-electron chi connectivity index (χ1n) is 11.7. The molecule has 0 unspecified atom stereocenters. The molecule has 3 N–H and O–H groups in total. The fourth-order valence-electron chi connectivity index (χ4n) is 3.70. The third-order valence-corrected chi connectivity index (χ3v) is 5.82. The second-order valence-corrected chi connectivity index (χ2v) is 8.79. The Kier molecular flexibility index (Phi) is 8.52. The van der Waals surface area contributed by atoms with E-state index >= 15 is 0 Å². The van der Waals surface area contributed by atoms with Crippen molar-refractivity contribution in [2.45, 2.75) is 25.7 Å². The van der Waals surface area contributed by atoms with Crippen molar-refractivity contribution in [1.29, 1.82) is 0 Å². The molecule has 1 aromatic heterocycles. The van der Waals surface area contributed by atoms with Gasteiger partial charge in [-0.1, -0.05) is 11.6 Å². The molecule has 0 aliphatic carbocycles. The molecular formula is C26H25ClFN5O4. The van der Waals surface area contributed by atoms with Crippen LogP contribution in [-0.4, -0.2) is 40.8 Å². The highest BCUT2D eigenvalue weighted by molar-refractivity contribution is 6.34. The first kappa shape index (κ1) is 25.9. The Balaban J connectivity index is 1.31. The van der Waals surface area contributed by atoms with Gasteiger partial charge < -0.3 is 20.3 Å². The van der Waals surface area contributed by atoms with E-state index in [1.54, 1.807) is 29.2 Å². The summed E-state index contributed by atoms with van der Waals surface area (Å²) < 4.78 is 18.8. The molecule has 0 bridgehead atoms. The van der Waals surface area contributed by atoms with Crippen LogP contribution in [0.2, 0.25) is 5.02 Å². The van der Waals surface area contributed by atoms with Crippen LogP contribution in [0.4, 0.5) is 26.4 Å². The number of hydrogen-bond donors (Lipinski definition) is 3. The number of carbonyl (C=O) groups is 3. The summed E-state index contributed by atoms with van der Waals surface area (Å²) >= 11 is 6.30. The van der Waals surface area contributed by atoms with E-state index in [2.05, 4.69) is 20.9 Å². The van der Waals surface area contributed by atoms with Crippen molar-refractivity contribution in [3.63, 3.8) is 0 Å². The Hall–Kier alpha value is -4.18. The maximum absolute atomic E-state index is 13.0. The van der Waals surface area contributed by atoms with Gasteiger partial charge >= 0.3 is 6.03 Å². The van der Waals surface area contributed by atoms with Crippen LogP contribution in [0.3, 0.4) is 0 Å². The van der Waals surface area contributed by atoms with E-state index in [1.165, 1.54) is 36.5 Å². The number of piperidine rings is 1. The summed E-state index contributed by atoms with van der Waals surface area (Å²) in [5.74, 6) is -0.353. The lowest BCUT2D eigenvalue weighted by atomic mass is 10.1. The van der Waals surface area contributed by atoms with Gasteiger partial charge in [-0.05, 0) is 61.7 Å². The zero-order chi connectivity index (χ0) is 26.2. The number of nitrogens with one attached hydrogen (secondary N) is 3. The molecular weight excluding hydrogens is 501 g/mol. The largest absolute Gasteiger partial charge is 0.457 e. The molecule has 1 fully saturated rings. The Labute approximate surface area is 218 Å². The molecule has 4 amide bonds. The van der Waals surface area contributed by atoms with E-state index in [4.69, 9.17) is 16.3 Å². The van der Waals surface area contributed by atoms with Crippen molar-refractivity contribution in [2.24, 2.45) is 0 Å². The summed E-state index contributed by atoms with van der Waals surface area (Å²) in [4.78, 5) is 42.7. The molecule has 0 atom stereocenters. The Bertz CT molecular complexity index is 1280. The van der Waals surface area contributed by atoms with Gasteiger partial charge in [-0.2, -0.15) is 0 Å². The average molecular weight is 526 g/mol. The van der Waals surface area contributed by atoms with E-state index < -0.39 is 24.1 Å². The number of benzene rings is 2. The first-order valence-corrected chi connectivity index (χ1v) is 12.1. The normalized spacial score (nSPS) is 13.0. The highest BCUT2D eigenvalue weighted by atomic mass is 35.5. The summed E-state index contributed by atoms with van der Waals surface area (Å²) in [7, 11) is 0. The van der Waals surface area contributed by atoms with Gasteiger partial charge in [0, 0.05) is 37.1 Å². The fraction of sp³-hybridized carbons (Fsp3) is 0.231. The number of likely N-dealkylation sites (tertiary alicyclic amines) is 1. The minimum absolute atomic E-state index is 0.196. The van der Waals surface area contributed by atoms with Crippen molar-refractivity contribution in [1.82, 2.24) is 9.88 Å². The van der Waals surface area contributed by atoms with Crippen molar-refractivity contribution < 1.29 is 23.5 Å². The molecule has 3 aromatic rings. The van der Waals surface area contributed by atoms with E-state index in [0.717, 1.165) is 32.4 Å². The molecule has 1 saturated heterocycles. The quantitative estimate of drug-likeness (QED) is 0.345. The van der Waals surface area contributed by atoms with Crippen LogP contribution in [0.25, 0.3) is 0 Å². The second-order valence-electron chi connectivity index (χ2n) is 8.38. The summed E-state index contributed by atoms with van der Waals surface area (Å²) in [6.45, 7) is 1.45. The number of pyridine rings is 1. The third-order valence-electron chi connectivity index (χ3n) is 5.51. The summed E-state index contributed by atoms with van der Waals surface area (Å²) in [6.07, 6.45) is 4.18. The maximum atomic E-state index is 13.0. The lowest BCUT2D eigenvalue weighted by Gasteiger charge is -2.26. The van der Waals surface area contributed by atoms with E-state index in [1.807, 2.05) is 0 Å². The molecule has 0 spiro atoms. The van der Waals surface area contributed by atoms with E-state index in [9.17, 15) is 18.8 Å². The summed E-state index contributed by atoms with van der Waals surface area (Å²) in [5, 5.41) is 8.09. The van der Waals surface area contributed by atoms with Crippen LogP contribution in [0.15, 0.2) is 60.8 Å². The summed E-state index contributed by atoms with van der Waals surface area (Å²) in [6, 6.07) is 12.9. The monoisotopic (exact) mass is 525 g/mol. The van der Waals surface area contributed by atoms with Gasteiger partial charge in [0.2, 0.25) is 11.8 Å². The van der Waals surface area contributed by atoms with Crippen LogP contribution >= 0.6 is 11.6 Å². The number of rotatable bonds is 7. The molecule has 0 saturated carbocycles. The molecule has 4 rings (SSSR count). The average Bonchev–Trinajstić information content (AvgIpc) is 2.88. The standard InChI is InChI=1S/C26H25ClFN5O4/c27-21-14-19(37-20-10-11-29-23(15-20)32-26(36)33-12-2-1-3-13-33)8-9-22(21)31-25(35)16-24(34)30-18-6-4-17(28)5-7-18/h4-11,14-15H,1-3,12-13,16H2,(H,30,34)(H,31,35)(H,29,32,36). The Morgan fingerprint density at radius 1 is 0.892 bits per heavy atom. The number of aromatic nitrogens is 1. The van der Waals surface area contributed by atoms with Gasteiger partial charge in [0.15, 0.2) is 0 Å². The van der Waals surface area contributed by atoms with Crippen molar-refractivity contribution in [3.8, 4) is 11.5 Å². The zero-order valence-electron chi connectivity index (χ0n) is 19.8. The molecule has 2 aromatic carbocycles. The van der Waals surface area contributed by atoms with Gasteiger partial charge in [0.05, 0.1) is 10.7 Å². The van der Waals surface area contributed by atoms with E-state index in [0.29, 0.717) is 28.7 Å². The smallest absolute Gasteiger partial charge is 0.323 e. The van der Waals surface area contributed by atoms with Crippen molar-refractivity contribution in [3.05, 3.63) is 71.6 Å². The molecule has 1 aliphatic heterocycles. The lowest BCUT2D eigenvalue weighted by Crippen LogP contribution is -2.38. The Morgan fingerprint density at radius 2 is 1.59 bits per heavy atom. The number of ether oxygens (including phenoxy) is 1. The minimum atomic E-state index is -0.571. The number of amides is 4. The molecule has 192 valence electrons. The number of anilines is 3. The number of hydrogen-bond acceptors (Lipinski definition) is 5. The van der Waals surface area contributed by atoms with Gasteiger partial charge in [-0.15, -0.1) is 0 Å². The Morgan fingerprint density at radius 3 is 2.32 bits per heavy atom. The highest BCUT2D eigenvalue weighted by Gasteiger charge is 2.17. The lowest BCUT2D eigenvalue weighted by molar-refractivity contribution is -0.123. The highest BCUT2D eigenvalue weighted by Crippen LogP contribution is 2.30. The van der Waals surface area contributed by atoms with Crippen LogP contribution in [0.1, 0.15) is 25.7 Å². The molecule has 9 nitrogen and oxygen atoms in total. The van der Waals surface area contributed by atoms with Crippen LogP contribution in [0, 0.1) is 5.82 Å². The molecule has 11 heteroatoms. The van der Waals surface area contributed by atoms with Crippen molar-refractivity contribution >= 4 is 46.6 Å². The number of urea groups is 1. The van der Waals surface area contributed by atoms with Crippen molar-refractivity contribution in [2.75, 3.05) is 29.0 Å². The minimum Gasteiger partial charge on any atom is -0.457 e. The maximum Gasteiger partial charge on any atom is 0.323 e. The number of nitrogens with zero attached hydrogens (tertiary/aromatic N) is 2. The summed E-state index contributed by atoms with van der Waals surface area (Å²) in [5.41, 5.74) is 0.682. The topological polar surface area (TPSA) is 113 Å². The second kappa shape index (κ2) is 12.2. The molecule has 37 heavy (non-hydrogen) atoms. The van der Waals surface area contributed by atoms with Crippen LogP contribution < -0.4 is 20.7 Å². The number of carbonyl (C=O) groups excluding carboxylic acids is 3. The van der Waals surface area contributed by atoms with Gasteiger partial charge in [-0.3, -0.25) is 14.9 Å². The van der Waals surface area contributed by atoms with Gasteiger partial charge in [0.25, 0.3) is 0 Å². The number of halogens is 2. The third kappa shape index (κ3) is 7.65. The van der Waals surface area contributed by atoms with Gasteiger partial charge in [-0.25, -0.2) is 14.2 Å². The molecule has 0 radical (unpaired) electrons. The zero-order valence-corrected chi connectivity index (χ0v) is 20.6. The fourth-order valence-corrected chi connectivity index (χ4v) is 3.92. The van der Waals surface area contributed by atoms with Gasteiger partial charge in [0.1, 0.15) is 29.6 Å². The molecule has 1 aliphatic rings. The predicted octanol–water partition coefficient (Wildman–Crippen LogP) is 5.65. The predicted molar refractivity (Wildman–Crippen MR) is 138 cm³/mol.